The summed E-state index contributed by atoms with van der Waals surface area (Å²) in [5, 5.41) is 2.84. The van der Waals surface area contributed by atoms with Crippen LogP contribution in [0.4, 0.5) is 0 Å². The van der Waals surface area contributed by atoms with E-state index in [-0.39, 0.29) is 5.91 Å². The Kier molecular flexibility index (Phi) is 4.85. The summed E-state index contributed by atoms with van der Waals surface area (Å²) in [6, 6.07) is 0. The number of ether oxygens (including phenoxy) is 1. The second kappa shape index (κ2) is 5.11. The van der Waals surface area contributed by atoms with Crippen molar-refractivity contribution in [3.63, 3.8) is 0 Å². The van der Waals surface area contributed by atoms with Gasteiger partial charge < -0.3 is 15.8 Å². The van der Waals surface area contributed by atoms with Crippen LogP contribution in [0.25, 0.3) is 0 Å². The third kappa shape index (κ3) is 3.19. The van der Waals surface area contributed by atoms with Crippen molar-refractivity contribution in [3.05, 3.63) is 0 Å². The van der Waals surface area contributed by atoms with Crippen molar-refractivity contribution in [2.45, 2.75) is 25.8 Å². The Morgan fingerprint density at radius 3 is 2.58 bits per heavy atom. The highest BCUT2D eigenvalue weighted by Crippen LogP contribution is 2.02. The Bertz CT molecular complexity index is 150. The lowest BCUT2D eigenvalue weighted by Gasteiger charge is -2.24. The van der Waals surface area contributed by atoms with Gasteiger partial charge in [-0.25, -0.2) is 0 Å². The first-order valence-electron chi connectivity index (χ1n) is 4.13. The molecule has 1 unspecified atom stereocenters. The van der Waals surface area contributed by atoms with Gasteiger partial charge in [0.1, 0.15) is 5.54 Å². The molecule has 0 spiro atoms. The van der Waals surface area contributed by atoms with Gasteiger partial charge in [0.2, 0.25) is 5.91 Å². The molecule has 0 aliphatic heterocycles. The van der Waals surface area contributed by atoms with Crippen LogP contribution in [-0.2, 0) is 9.53 Å². The fourth-order valence-electron chi connectivity index (χ4n) is 0.687. The van der Waals surface area contributed by atoms with Crippen molar-refractivity contribution in [1.82, 2.24) is 5.32 Å². The van der Waals surface area contributed by atoms with Gasteiger partial charge in [0.25, 0.3) is 0 Å². The van der Waals surface area contributed by atoms with E-state index >= 15 is 0 Å². The number of hydrogen-bond acceptors (Lipinski definition) is 3. The molecule has 1 atom stereocenters. The number of carbonyl (C=O) groups excluding carboxylic acids is 1. The Hall–Kier alpha value is -0.610. The lowest BCUT2D eigenvalue weighted by molar-refractivity contribution is -0.126. The second-order valence-electron chi connectivity index (χ2n) is 3.00. The number of likely N-dealkylation sites (N-methyl/N-ethyl adjacent to an activating group) is 1. The summed E-state index contributed by atoms with van der Waals surface area (Å²) in [6.45, 7) is 4.73. The van der Waals surface area contributed by atoms with Crippen LogP contribution in [0.5, 0.6) is 0 Å². The highest BCUT2D eigenvalue weighted by Gasteiger charge is 2.28. The Morgan fingerprint density at radius 1 is 1.67 bits per heavy atom. The lowest BCUT2D eigenvalue weighted by Crippen LogP contribution is -2.54. The maximum absolute atomic E-state index is 10.9. The average molecular weight is 174 g/mol. The standard InChI is InChI=1S/C8H18N2O2/c1-4-5-12-6-8(2,10-3)7(9)11/h10H,4-6H2,1-3H3,(H2,9,11). The molecular weight excluding hydrogens is 156 g/mol. The van der Waals surface area contributed by atoms with Crippen LogP contribution in [0.3, 0.4) is 0 Å². The molecule has 1 amide bonds. The van der Waals surface area contributed by atoms with E-state index in [1.807, 2.05) is 6.92 Å². The van der Waals surface area contributed by atoms with Crippen LogP contribution in [0.15, 0.2) is 0 Å². The number of rotatable bonds is 6. The molecule has 0 bridgehead atoms. The predicted octanol–water partition coefficient (Wildman–Crippen LogP) is -0.124. The Balaban J connectivity index is 3.88. The van der Waals surface area contributed by atoms with Crippen LogP contribution in [0.1, 0.15) is 20.3 Å². The molecule has 12 heavy (non-hydrogen) atoms. The molecule has 72 valence electrons. The van der Waals surface area contributed by atoms with Crippen LogP contribution >= 0.6 is 0 Å². The van der Waals surface area contributed by atoms with Gasteiger partial charge >= 0.3 is 0 Å². The van der Waals surface area contributed by atoms with Crippen molar-refractivity contribution >= 4 is 5.91 Å². The van der Waals surface area contributed by atoms with Crippen LogP contribution < -0.4 is 11.1 Å². The smallest absolute Gasteiger partial charge is 0.239 e. The zero-order valence-corrected chi connectivity index (χ0v) is 8.02. The fourth-order valence-corrected chi connectivity index (χ4v) is 0.687. The van der Waals surface area contributed by atoms with Crippen molar-refractivity contribution < 1.29 is 9.53 Å². The zero-order chi connectivity index (χ0) is 9.61. The number of amides is 1. The van der Waals surface area contributed by atoms with Crippen LogP contribution in [-0.4, -0.2) is 31.7 Å². The largest absolute Gasteiger partial charge is 0.379 e. The molecule has 4 heteroatoms. The molecule has 3 N–H and O–H groups in total. The van der Waals surface area contributed by atoms with Crippen molar-refractivity contribution in [3.8, 4) is 0 Å². The van der Waals surface area contributed by atoms with Gasteiger partial charge in [-0.05, 0) is 20.4 Å². The minimum atomic E-state index is -0.741. The van der Waals surface area contributed by atoms with Crippen LogP contribution in [0, 0.1) is 0 Å². The maximum Gasteiger partial charge on any atom is 0.239 e. The Labute approximate surface area is 73.5 Å². The van der Waals surface area contributed by atoms with E-state index in [1.165, 1.54) is 0 Å². The first-order valence-corrected chi connectivity index (χ1v) is 4.13. The normalized spacial score (nSPS) is 15.6. The Morgan fingerprint density at radius 2 is 2.25 bits per heavy atom. The van der Waals surface area contributed by atoms with Crippen molar-refractivity contribution in [1.29, 1.82) is 0 Å². The molecule has 0 aliphatic rings. The SMILES string of the molecule is CCCOCC(C)(NC)C(N)=O. The number of nitrogens with one attached hydrogen (secondary N) is 1. The van der Waals surface area contributed by atoms with Gasteiger partial charge in [-0.3, -0.25) is 4.79 Å². The maximum atomic E-state index is 10.9. The van der Waals surface area contributed by atoms with Gasteiger partial charge in [-0.1, -0.05) is 6.92 Å². The van der Waals surface area contributed by atoms with E-state index in [9.17, 15) is 4.79 Å². The molecule has 0 aliphatic carbocycles. The molecule has 0 saturated heterocycles. The monoisotopic (exact) mass is 174 g/mol. The first kappa shape index (κ1) is 11.4. The molecule has 0 rings (SSSR count). The summed E-state index contributed by atoms with van der Waals surface area (Å²) >= 11 is 0. The molecule has 0 saturated carbocycles. The van der Waals surface area contributed by atoms with E-state index in [0.717, 1.165) is 6.42 Å². The molecule has 0 aromatic rings. The molecule has 0 heterocycles. The van der Waals surface area contributed by atoms with E-state index in [0.29, 0.717) is 13.2 Å². The molecule has 0 aromatic heterocycles. The lowest BCUT2D eigenvalue weighted by atomic mass is 10.0. The van der Waals surface area contributed by atoms with Crippen molar-refractivity contribution in [2.75, 3.05) is 20.3 Å². The molecule has 0 aromatic carbocycles. The second-order valence-corrected chi connectivity index (χ2v) is 3.00. The third-order valence-corrected chi connectivity index (χ3v) is 1.83. The van der Waals surface area contributed by atoms with E-state index < -0.39 is 5.54 Å². The number of hydrogen-bond donors (Lipinski definition) is 2. The number of carbonyl (C=O) groups is 1. The fraction of sp³-hybridized carbons (Fsp3) is 0.875. The van der Waals surface area contributed by atoms with E-state index in [1.54, 1.807) is 14.0 Å². The third-order valence-electron chi connectivity index (χ3n) is 1.83. The first-order chi connectivity index (χ1) is 5.56. The zero-order valence-electron chi connectivity index (χ0n) is 8.02. The van der Waals surface area contributed by atoms with E-state index in [4.69, 9.17) is 10.5 Å². The minimum absolute atomic E-state index is 0.326. The molecule has 0 fully saturated rings. The molecule has 0 radical (unpaired) electrons. The van der Waals surface area contributed by atoms with E-state index in [2.05, 4.69) is 5.32 Å². The number of primary amides is 1. The van der Waals surface area contributed by atoms with Gasteiger partial charge in [-0.15, -0.1) is 0 Å². The topological polar surface area (TPSA) is 64.3 Å². The summed E-state index contributed by atoms with van der Waals surface area (Å²) in [5.41, 5.74) is 4.44. The molecular formula is C8H18N2O2. The minimum Gasteiger partial charge on any atom is -0.379 e. The van der Waals surface area contributed by atoms with Gasteiger partial charge in [0, 0.05) is 6.61 Å². The van der Waals surface area contributed by atoms with Gasteiger partial charge in [0.15, 0.2) is 0 Å². The highest BCUT2D eigenvalue weighted by atomic mass is 16.5. The summed E-state index contributed by atoms with van der Waals surface area (Å²) < 4.78 is 5.24. The van der Waals surface area contributed by atoms with Gasteiger partial charge in [0.05, 0.1) is 6.61 Å². The quantitative estimate of drug-likeness (QED) is 0.552. The van der Waals surface area contributed by atoms with Gasteiger partial charge in [-0.2, -0.15) is 0 Å². The highest BCUT2D eigenvalue weighted by molar-refractivity contribution is 5.84. The summed E-state index contributed by atoms with van der Waals surface area (Å²) in [5.74, 6) is -0.388. The average Bonchev–Trinajstić information content (AvgIpc) is 2.04. The summed E-state index contributed by atoms with van der Waals surface area (Å²) in [7, 11) is 1.69. The van der Waals surface area contributed by atoms with Crippen LogP contribution in [0.2, 0.25) is 0 Å². The molecule has 4 nitrogen and oxygen atoms in total. The summed E-state index contributed by atoms with van der Waals surface area (Å²) in [6.07, 6.45) is 0.943. The summed E-state index contributed by atoms with van der Waals surface area (Å²) in [4.78, 5) is 10.9. The number of nitrogens with two attached hydrogens (primary N) is 1. The predicted molar refractivity (Wildman–Crippen MR) is 47.8 cm³/mol. The van der Waals surface area contributed by atoms with Crippen molar-refractivity contribution in [2.24, 2.45) is 5.73 Å².